The van der Waals surface area contributed by atoms with Crippen LogP contribution < -0.4 is 5.32 Å². The summed E-state index contributed by atoms with van der Waals surface area (Å²) in [6, 6.07) is 18.2. The molecule has 0 radical (unpaired) electrons. The van der Waals surface area contributed by atoms with Crippen LogP contribution >= 0.6 is 0 Å². The lowest BCUT2D eigenvalue weighted by Gasteiger charge is -2.40. The maximum absolute atomic E-state index is 13.5. The van der Waals surface area contributed by atoms with Gasteiger partial charge in [0.05, 0.1) is 13.6 Å². The molecule has 8 nitrogen and oxygen atoms in total. The number of fused-ring (bicyclic) bond motifs is 3. The molecule has 1 aliphatic carbocycles. The van der Waals surface area contributed by atoms with Crippen molar-refractivity contribution >= 4 is 17.7 Å². The van der Waals surface area contributed by atoms with Gasteiger partial charge in [-0.15, -0.1) is 5.10 Å². The van der Waals surface area contributed by atoms with Crippen LogP contribution in [0.25, 0.3) is 11.1 Å². The van der Waals surface area contributed by atoms with E-state index >= 15 is 0 Å². The number of aromatic nitrogens is 2. The van der Waals surface area contributed by atoms with Crippen LogP contribution in [-0.2, 0) is 19.9 Å². The number of benzene rings is 2. The SMILES string of the molecule is C[N@@+]1(CC(=O)Nc2cccnn2)CCCC(OC(=O)C2(O)c3ccccc3-c3ccccc32)C1. The van der Waals surface area contributed by atoms with Gasteiger partial charge in [-0.1, -0.05) is 48.5 Å². The molecular weight excluding hydrogens is 432 g/mol. The number of carbonyl (C=O) groups is 2. The molecule has 0 spiro atoms. The fraction of sp³-hybridized carbons (Fsp3) is 0.308. The molecule has 3 aromatic rings. The number of piperidine rings is 1. The van der Waals surface area contributed by atoms with Gasteiger partial charge in [0.1, 0.15) is 6.54 Å². The number of hydrogen-bond acceptors (Lipinski definition) is 6. The van der Waals surface area contributed by atoms with E-state index in [0.717, 1.165) is 24.1 Å². The van der Waals surface area contributed by atoms with E-state index in [2.05, 4.69) is 15.5 Å². The Morgan fingerprint density at radius 2 is 1.76 bits per heavy atom. The Hall–Kier alpha value is -3.62. The number of hydrogen-bond donors (Lipinski definition) is 2. The number of nitrogens with zero attached hydrogens (tertiary/aromatic N) is 3. The first-order chi connectivity index (χ1) is 16.4. The van der Waals surface area contributed by atoms with E-state index in [-0.39, 0.29) is 12.5 Å². The zero-order chi connectivity index (χ0) is 23.8. The molecule has 1 saturated heterocycles. The number of ether oxygens (including phenoxy) is 1. The van der Waals surface area contributed by atoms with E-state index in [4.69, 9.17) is 4.74 Å². The molecule has 5 rings (SSSR count). The fourth-order valence-electron chi connectivity index (χ4n) is 5.18. The molecule has 1 fully saturated rings. The largest absolute Gasteiger partial charge is 0.454 e. The zero-order valence-corrected chi connectivity index (χ0v) is 19.0. The van der Waals surface area contributed by atoms with E-state index in [0.29, 0.717) is 34.4 Å². The summed E-state index contributed by atoms with van der Waals surface area (Å²) in [7, 11) is 1.98. The van der Waals surface area contributed by atoms with Gasteiger partial charge >= 0.3 is 5.97 Å². The first-order valence-electron chi connectivity index (χ1n) is 11.4. The van der Waals surface area contributed by atoms with Gasteiger partial charge in [-0.25, -0.2) is 4.79 Å². The third kappa shape index (κ3) is 3.95. The predicted octanol–water partition coefficient (Wildman–Crippen LogP) is 2.48. The highest BCUT2D eigenvalue weighted by atomic mass is 16.6. The van der Waals surface area contributed by atoms with Crippen LogP contribution in [0.4, 0.5) is 5.82 Å². The lowest BCUT2D eigenvalue weighted by Crippen LogP contribution is -2.57. The van der Waals surface area contributed by atoms with Crippen molar-refractivity contribution in [2.24, 2.45) is 0 Å². The lowest BCUT2D eigenvalue weighted by molar-refractivity contribution is -0.909. The van der Waals surface area contributed by atoms with Crippen LogP contribution in [0.15, 0.2) is 66.9 Å². The maximum atomic E-state index is 13.5. The standard InChI is InChI=1S/C26H26N4O4/c1-30(17-24(31)28-23-13-6-14-27-29-23)15-7-8-18(16-30)34-25(32)26(33)21-11-4-2-9-19(21)20-10-3-5-12-22(20)26/h2-6,9-14,18,33H,7-8,15-17H2,1H3/p+1/t18?,30-/m1/s1. The minimum atomic E-state index is -1.85. The number of likely N-dealkylation sites (tertiary alicyclic amines) is 1. The topological polar surface area (TPSA) is 101 Å². The van der Waals surface area contributed by atoms with Crippen LogP contribution in [0.2, 0.25) is 0 Å². The number of likely N-dealkylation sites (N-methyl/N-ethyl adjacent to an activating group) is 1. The highest BCUT2D eigenvalue weighted by Gasteiger charge is 2.50. The molecule has 1 amide bonds. The smallest absolute Gasteiger partial charge is 0.348 e. The monoisotopic (exact) mass is 459 g/mol. The Kier molecular flexibility index (Phi) is 5.63. The van der Waals surface area contributed by atoms with Crippen molar-refractivity contribution in [1.82, 2.24) is 10.2 Å². The van der Waals surface area contributed by atoms with Gasteiger partial charge in [0, 0.05) is 23.7 Å². The van der Waals surface area contributed by atoms with Crippen molar-refractivity contribution < 1.29 is 23.9 Å². The third-order valence-electron chi connectivity index (χ3n) is 6.73. The van der Waals surface area contributed by atoms with E-state index < -0.39 is 17.7 Å². The number of amides is 1. The molecule has 0 saturated carbocycles. The second kappa shape index (κ2) is 8.62. The average Bonchev–Trinajstić information content (AvgIpc) is 3.09. The molecule has 2 heterocycles. The first-order valence-corrected chi connectivity index (χ1v) is 11.4. The Morgan fingerprint density at radius 1 is 1.09 bits per heavy atom. The predicted molar refractivity (Wildman–Crippen MR) is 125 cm³/mol. The van der Waals surface area contributed by atoms with Crippen molar-refractivity contribution in [2.45, 2.75) is 24.5 Å². The number of aliphatic hydroxyl groups is 1. The number of rotatable bonds is 5. The Balaban J connectivity index is 1.31. The summed E-state index contributed by atoms with van der Waals surface area (Å²) in [5.74, 6) is -0.445. The molecule has 34 heavy (non-hydrogen) atoms. The molecule has 2 N–H and O–H groups in total. The number of quaternary nitrogens is 1. The van der Waals surface area contributed by atoms with Gasteiger partial charge in [0.15, 0.2) is 18.5 Å². The Bertz CT molecular complexity index is 1190. The molecule has 1 aromatic heterocycles. The second-order valence-corrected chi connectivity index (χ2v) is 9.31. The summed E-state index contributed by atoms with van der Waals surface area (Å²) in [4.78, 5) is 26.1. The zero-order valence-electron chi connectivity index (χ0n) is 19.0. The van der Waals surface area contributed by atoms with Gasteiger partial charge in [-0.05, 0) is 29.7 Å². The lowest BCUT2D eigenvalue weighted by atomic mass is 9.91. The normalized spacial score (nSPS) is 22.4. The van der Waals surface area contributed by atoms with Crippen molar-refractivity contribution in [1.29, 1.82) is 0 Å². The molecule has 8 heteroatoms. The van der Waals surface area contributed by atoms with Gasteiger partial charge in [-0.2, -0.15) is 5.10 Å². The summed E-state index contributed by atoms with van der Waals surface area (Å²) < 4.78 is 6.35. The van der Waals surface area contributed by atoms with Crippen LogP contribution in [0.5, 0.6) is 0 Å². The second-order valence-electron chi connectivity index (χ2n) is 9.31. The Morgan fingerprint density at radius 3 is 2.41 bits per heavy atom. The van der Waals surface area contributed by atoms with Crippen molar-refractivity contribution in [3.63, 3.8) is 0 Å². The molecule has 1 aliphatic heterocycles. The van der Waals surface area contributed by atoms with Crippen LogP contribution in [0.1, 0.15) is 24.0 Å². The molecule has 2 aliphatic rings. The third-order valence-corrected chi connectivity index (χ3v) is 6.73. The number of carbonyl (C=O) groups excluding carboxylic acids is 2. The van der Waals surface area contributed by atoms with E-state index in [9.17, 15) is 14.7 Å². The van der Waals surface area contributed by atoms with Gasteiger partial charge < -0.3 is 19.6 Å². The van der Waals surface area contributed by atoms with Crippen molar-refractivity contribution in [2.75, 3.05) is 32.0 Å². The number of esters is 1. The molecule has 0 bridgehead atoms. The van der Waals surface area contributed by atoms with Gasteiger partial charge in [0.2, 0.25) is 5.60 Å². The number of anilines is 1. The van der Waals surface area contributed by atoms with Gasteiger partial charge in [-0.3, -0.25) is 4.79 Å². The average molecular weight is 460 g/mol. The summed E-state index contributed by atoms with van der Waals surface area (Å²) in [6.45, 7) is 1.50. The number of nitrogens with one attached hydrogen (secondary N) is 1. The van der Waals surface area contributed by atoms with Crippen LogP contribution in [0, 0.1) is 0 Å². The van der Waals surface area contributed by atoms with E-state index in [1.54, 1.807) is 30.5 Å². The van der Waals surface area contributed by atoms with Crippen LogP contribution in [0.3, 0.4) is 0 Å². The van der Waals surface area contributed by atoms with Gasteiger partial charge in [0.25, 0.3) is 5.91 Å². The van der Waals surface area contributed by atoms with Crippen LogP contribution in [-0.4, -0.2) is 64.4 Å². The quantitative estimate of drug-likeness (QED) is 0.449. The summed E-state index contributed by atoms with van der Waals surface area (Å²) >= 11 is 0. The summed E-state index contributed by atoms with van der Waals surface area (Å²) in [6.07, 6.45) is 2.63. The minimum absolute atomic E-state index is 0.174. The summed E-state index contributed by atoms with van der Waals surface area (Å²) in [5, 5.41) is 22.1. The Labute approximate surface area is 197 Å². The maximum Gasteiger partial charge on any atom is 0.348 e. The molecule has 1 unspecified atom stereocenters. The fourth-order valence-corrected chi connectivity index (χ4v) is 5.18. The molecule has 2 aromatic carbocycles. The summed E-state index contributed by atoms with van der Waals surface area (Å²) in [5.41, 5.74) is 0.900. The van der Waals surface area contributed by atoms with E-state index in [1.807, 2.05) is 43.4 Å². The van der Waals surface area contributed by atoms with E-state index in [1.165, 1.54) is 0 Å². The minimum Gasteiger partial charge on any atom is -0.454 e. The van der Waals surface area contributed by atoms with Crippen molar-refractivity contribution in [3.8, 4) is 11.1 Å². The first kappa shape index (κ1) is 22.2. The van der Waals surface area contributed by atoms with Crippen molar-refractivity contribution in [3.05, 3.63) is 78.0 Å². The highest BCUT2D eigenvalue weighted by molar-refractivity contribution is 5.96. The molecule has 2 atom stereocenters. The molecular formula is C26H27N4O4+. The highest BCUT2D eigenvalue weighted by Crippen LogP contribution is 2.48. The molecule has 174 valence electrons.